The third-order valence-electron chi connectivity index (χ3n) is 5.03. The highest BCUT2D eigenvalue weighted by molar-refractivity contribution is 5.09. The molecule has 116 valence electrons. The van der Waals surface area contributed by atoms with Gasteiger partial charge in [-0.05, 0) is 30.9 Å². The van der Waals surface area contributed by atoms with Gasteiger partial charge in [0.05, 0.1) is 24.1 Å². The van der Waals surface area contributed by atoms with Crippen molar-refractivity contribution in [3.8, 4) is 0 Å². The Morgan fingerprint density at radius 2 is 2.19 bits per heavy atom. The molecular formula is C16H23FN2O2. The Hall–Kier alpha value is -1.04. The molecule has 1 aromatic rings. The number of fused-ring (bicyclic) bond motifs is 1. The zero-order chi connectivity index (χ0) is 15.0. The molecule has 2 N–H and O–H groups in total. The molecule has 0 aromatic carbocycles. The van der Waals surface area contributed by atoms with Gasteiger partial charge in [0.2, 0.25) is 0 Å². The summed E-state index contributed by atoms with van der Waals surface area (Å²) in [5, 5.41) is 20.3. The highest BCUT2D eigenvalue weighted by Crippen LogP contribution is 2.38. The monoisotopic (exact) mass is 294 g/mol. The maximum absolute atomic E-state index is 12.9. The summed E-state index contributed by atoms with van der Waals surface area (Å²) in [6.45, 7) is 4.69. The zero-order valence-electron chi connectivity index (χ0n) is 12.3. The normalized spacial score (nSPS) is 32.1. The average Bonchev–Trinajstić information content (AvgIpc) is 3.01. The van der Waals surface area contributed by atoms with E-state index in [1.54, 1.807) is 6.07 Å². The van der Waals surface area contributed by atoms with Crippen molar-refractivity contribution in [3.05, 3.63) is 29.8 Å². The van der Waals surface area contributed by atoms with Crippen LogP contribution in [0.5, 0.6) is 0 Å². The van der Waals surface area contributed by atoms with Crippen LogP contribution in [-0.2, 0) is 0 Å². The third-order valence-corrected chi connectivity index (χ3v) is 5.03. The molecule has 5 atom stereocenters. The van der Waals surface area contributed by atoms with Crippen molar-refractivity contribution in [2.75, 3.05) is 19.6 Å². The van der Waals surface area contributed by atoms with Crippen molar-refractivity contribution in [1.82, 2.24) is 9.88 Å². The van der Waals surface area contributed by atoms with Crippen LogP contribution in [-0.4, -0.2) is 45.8 Å². The molecule has 0 spiro atoms. The van der Waals surface area contributed by atoms with E-state index in [1.807, 2.05) is 6.92 Å². The quantitative estimate of drug-likeness (QED) is 0.885. The van der Waals surface area contributed by atoms with Crippen LogP contribution in [0.4, 0.5) is 4.39 Å². The van der Waals surface area contributed by atoms with Crippen LogP contribution in [0, 0.1) is 23.6 Å². The van der Waals surface area contributed by atoms with Gasteiger partial charge in [-0.2, -0.15) is 0 Å². The van der Waals surface area contributed by atoms with Crippen LogP contribution < -0.4 is 0 Å². The number of nitrogens with zero attached hydrogens (tertiary/aromatic N) is 2. The molecule has 1 saturated carbocycles. The molecule has 1 saturated heterocycles. The summed E-state index contributed by atoms with van der Waals surface area (Å²) < 4.78 is 12.9. The Morgan fingerprint density at radius 3 is 2.86 bits per heavy atom. The molecule has 4 nitrogen and oxygen atoms in total. The van der Waals surface area contributed by atoms with Crippen molar-refractivity contribution in [1.29, 1.82) is 0 Å². The minimum atomic E-state index is -0.684. The first kappa shape index (κ1) is 14.9. The van der Waals surface area contributed by atoms with Crippen LogP contribution in [0.15, 0.2) is 18.3 Å². The molecule has 2 aliphatic rings. The minimum Gasteiger partial charge on any atom is -0.393 e. The number of aliphatic hydroxyl groups is 2. The van der Waals surface area contributed by atoms with Gasteiger partial charge >= 0.3 is 0 Å². The number of halogens is 1. The van der Waals surface area contributed by atoms with Gasteiger partial charge in [0.15, 0.2) is 0 Å². The summed E-state index contributed by atoms with van der Waals surface area (Å²) in [6, 6.07) is 2.87. The molecule has 0 bridgehead atoms. The largest absolute Gasteiger partial charge is 0.393 e. The van der Waals surface area contributed by atoms with Crippen molar-refractivity contribution in [3.63, 3.8) is 0 Å². The van der Waals surface area contributed by atoms with Gasteiger partial charge in [0, 0.05) is 31.5 Å². The molecule has 1 aliphatic carbocycles. The highest BCUT2D eigenvalue weighted by atomic mass is 19.1. The molecule has 1 aromatic heterocycles. The maximum atomic E-state index is 12.9. The summed E-state index contributed by atoms with van der Waals surface area (Å²) >= 11 is 0. The predicted molar refractivity (Wildman–Crippen MR) is 77.0 cm³/mol. The lowest BCUT2D eigenvalue weighted by Crippen LogP contribution is -2.31. The fraction of sp³-hybridized carbons (Fsp3) is 0.688. The number of pyridine rings is 1. The smallest absolute Gasteiger partial charge is 0.141 e. The third kappa shape index (κ3) is 3.10. The number of aliphatic hydroxyl groups excluding tert-OH is 2. The fourth-order valence-electron chi connectivity index (χ4n) is 3.84. The topological polar surface area (TPSA) is 56.6 Å². The predicted octanol–water partition coefficient (Wildman–Crippen LogP) is 1.59. The maximum Gasteiger partial charge on any atom is 0.141 e. The molecule has 1 aliphatic heterocycles. The molecule has 3 rings (SSSR count). The molecular weight excluding hydrogens is 271 g/mol. The Morgan fingerprint density at radius 1 is 1.38 bits per heavy atom. The molecule has 2 fully saturated rings. The number of hydrogen-bond acceptors (Lipinski definition) is 4. The van der Waals surface area contributed by atoms with Gasteiger partial charge in [0.25, 0.3) is 0 Å². The van der Waals surface area contributed by atoms with Crippen LogP contribution in [0.1, 0.15) is 31.6 Å². The first-order chi connectivity index (χ1) is 10.0. The molecule has 21 heavy (non-hydrogen) atoms. The van der Waals surface area contributed by atoms with Crippen LogP contribution >= 0.6 is 0 Å². The van der Waals surface area contributed by atoms with E-state index in [-0.39, 0.29) is 17.8 Å². The van der Waals surface area contributed by atoms with Crippen LogP contribution in [0.3, 0.4) is 0 Å². The lowest BCUT2D eigenvalue weighted by atomic mass is 9.99. The number of rotatable bonds is 4. The molecule has 0 amide bonds. The summed E-state index contributed by atoms with van der Waals surface area (Å²) in [5.41, 5.74) is 0.517. The van der Waals surface area contributed by atoms with Crippen LogP contribution in [0.2, 0.25) is 0 Å². The Kier molecular flexibility index (Phi) is 4.24. The van der Waals surface area contributed by atoms with E-state index in [4.69, 9.17) is 0 Å². The van der Waals surface area contributed by atoms with E-state index in [0.717, 1.165) is 38.7 Å². The molecule has 2 heterocycles. The van der Waals surface area contributed by atoms with Crippen molar-refractivity contribution < 1.29 is 14.6 Å². The Bertz CT molecular complexity index is 482. The van der Waals surface area contributed by atoms with E-state index in [0.29, 0.717) is 17.5 Å². The lowest BCUT2D eigenvalue weighted by molar-refractivity contribution is 0.0828. The average molecular weight is 294 g/mol. The van der Waals surface area contributed by atoms with E-state index < -0.39 is 6.10 Å². The van der Waals surface area contributed by atoms with Gasteiger partial charge in [-0.25, -0.2) is 4.39 Å². The molecule has 5 heteroatoms. The second-order valence-corrected chi connectivity index (χ2v) is 6.61. The number of aromatic nitrogens is 1. The molecule has 0 radical (unpaired) electrons. The summed E-state index contributed by atoms with van der Waals surface area (Å²) in [5.74, 6) is 0.644. The lowest BCUT2D eigenvalue weighted by Gasteiger charge is -2.25. The highest BCUT2D eigenvalue weighted by Gasteiger charge is 2.42. The van der Waals surface area contributed by atoms with Crippen molar-refractivity contribution in [2.24, 2.45) is 17.8 Å². The van der Waals surface area contributed by atoms with Gasteiger partial charge in [0.1, 0.15) is 5.82 Å². The summed E-state index contributed by atoms with van der Waals surface area (Å²) in [6.07, 6.45) is 2.34. The minimum absolute atomic E-state index is 0.0268. The SMILES string of the molecule is CC(CN1CC2CCC(O)C2C1)C(O)c1ccc(F)cn1. The van der Waals surface area contributed by atoms with Crippen molar-refractivity contribution in [2.45, 2.75) is 32.0 Å². The summed E-state index contributed by atoms with van der Waals surface area (Å²) in [4.78, 5) is 6.29. The summed E-state index contributed by atoms with van der Waals surface area (Å²) in [7, 11) is 0. The van der Waals surface area contributed by atoms with Crippen molar-refractivity contribution >= 4 is 0 Å². The van der Waals surface area contributed by atoms with Gasteiger partial charge in [-0.3, -0.25) is 4.98 Å². The van der Waals surface area contributed by atoms with Gasteiger partial charge < -0.3 is 15.1 Å². The first-order valence-electron chi connectivity index (χ1n) is 7.74. The Balaban J connectivity index is 1.57. The van der Waals surface area contributed by atoms with E-state index in [9.17, 15) is 14.6 Å². The first-order valence-corrected chi connectivity index (χ1v) is 7.74. The zero-order valence-corrected chi connectivity index (χ0v) is 12.3. The van der Waals surface area contributed by atoms with E-state index in [1.165, 1.54) is 6.07 Å². The fourth-order valence-corrected chi connectivity index (χ4v) is 3.84. The second kappa shape index (κ2) is 5.99. The Labute approximate surface area is 124 Å². The second-order valence-electron chi connectivity index (χ2n) is 6.61. The molecule has 5 unspecified atom stereocenters. The van der Waals surface area contributed by atoms with E-state index >= 15 is 0 Å². The van der Waals surface area contributed by atoms with Gasteiger partial charge in [-0.1, -0.05) is 6.92 Å². The van der Waals surface area contributed by atoms with Gasteiger partial charge in [-0.15, -0.1) is 0 Å². The van der Waals surface area contributed by atoms with E-state index in [2.05, 4.69) is 9.88 Å². The number of hydrogen-bond donors (Lipinski definition) is 2. The van der Waals surface area contributed by atoms with Crippen LogP contribution in [0.25, 0.3) is 0 Å². The standard InChI is InChI=1S/C16H23FN2O2/c1-10(16(21)14-4-3-12(17)6-18-14)7-19-8-11-2-5-15(20)13(11)9-19/h3-4,6,10-11,13,15-16,20-21H,2,5,7-9H2,1H3. The number of likely N-dealkylation sites (tertiary alicyclic amines) is 1.